The molecule has 72 valence electrons. The fourth-order valence-corrected chi connectivity index (χ4v) is 1.18. The summed E-state index contributed by atoms with van der Waals surface area (Å²) in [6.07, 6.45) is 7.21. The molecule has 2 aromatic rings. The average Bonchev–Trinajstić information content (AvgIpc) is 2.65. The summed E-state index contributed by atoms with van der Waals surface area (Å²) in [5.41, 5.74) is 7.37. The number of nitrogens with zero attached hydrogens (tertiary/aromatic N) is 4. The second-order valence-electron chi connectivity index (χ2n) is 2.99. The summed E-state index contributed by atoms with van der Waals surface area (Å²) >= 11 is 0. The van der Waals surface area contributed by atoms with E-state index in [1.165, 1.54) is 0 Å². The molecule has 0 bridgehead atoms. The maximum absolute atomic E-state index is 5.40. The van der Waals surface area contributed by atoms with E-state index in [9.17, 15) is 0 Å². The molecule has 0 aliphatic carbocycles. The summed E-state index contributed by atoms with van der Waals surface area (Å²) in [5, 5.41) is 4.07. The molecular weight excluding hydrogens is 178 g/mol. The van der Waals surface area contributed by atoms with Crippen LogP contribution in [0.1, 0.15) is 5.82 Å². The van der Waals surface area contributed by atoms with Crippen LogP contribution in [0.25, 0.3) is 11.1 Å². The first-order chi connectivity index (χ1) is 6.79. The van der Waals surface area contributed by atoms with Crippen molar-refractivity contribution in [1.29, 1.82) is 0 Å². The predicted molar refractivity (Wildman–Crippen MR) is 52.1 cm³/mol. The number of nitrogens with two attached hydrogens (primary N) is 1. The largest absolute Gasteiger partial charge is 0.324 e. The SMILES string of the molecule is Cn1cc(-c2cnc(CN)nc2)cn1. The van der Waals surface area contributed by atoms with E-state index in [-0.39, 0.29) is 0 Å². The molecule has 2 aromatic heterocycles. The van der Waals surface area contributed by atoms with Crippen molar-refractivity contribution < 1.29 is 0 Å². The fraction of sp³-hybridized carbons (Fsp3) is 0.222. The minimum atomic E-state index is 0.368. The van der Waals surface area contributed by atoms with E-state index in [0.717, 1.165) is 11.1 Å². The van der Waals surface area contributed by atoms with Crippen molar-refractivity contribution >= 4 is 0 Å². The normalized spacial score (nSPS) is 10.4. The second kappa shape index (κ2) is 3.55. The highest BCUT2D eigenvalue weighted by atomic mass is 15.2. The minimum absolute atomic E-state index is 0.368. The zero-order chi connectivity index (χ0) is 9.97. The molecule has 2 N–H and O–H groups in total. The molecule has 0 saturated carbocycles. The number of hydrogen-bond acceptors (Lipinski definition) is 4. The van der Waals surface area contributed by atoms with Crippen LogP contribution >= 0.6 is 0 Å². The highest BCUT2D eigenvalue weighted by molar-refractivity contribution is 5.59. The van der Waals surface area contributed by atoms with Crippen molar-refractivity contribution in [1.82, 2.24) is 19.7 Å². The molecule has 0 fully saturated rings. The third-order valence-electron chi connectivity index (χ3n) is 1.93. The smallest absolute Gasteiger partial charge is 0.141 e. The summed E-state index contributed by atoms with van der Waals surface area (Å²) in [6, 6.07) is 0. The Balaban J connectivity index is 2.33. The lowest BCUT2D eigenvalue weighted by molar-refractivity contribution is 0.768. The number of aromatic nitrogens is 4. The molecule has 5 heteroatoms. The van der Waals surface area contributed by atoms with E-state index < -0.39 is 0 Å². The molecule has 0 radical (unpaired) electrons. The van der Waals surface area contributed by atoms with Gasteiger partial charge in [0, 0.05) is 36.8 Å². The fourth-order valence-electron chi connectivity index (χ4n) is 1.18. The summed E-state index contributed by atoms with van der Waals surface area (Å²) < 4.78 is 1.74. The van der Waals surface area contributed by atoms with E-state index in [0.29, 0.717) is 12.4 Å². The monoisotopic (exact) mass is 189 g/mol. The van der Waals surface area contributed by atoms with Gasteiger partial charge in [-0.3, -0.25) is 4.68 Å². The van der Waals surface area contributed by atoms with Crippen LogP contribution in [0.4, 0.5) is 0 Å². The van der Waals surface area contributed by atoms with Crippen molar-refractivity contribution in [2.75, 3.05) is 0 Å². The van der Waals surface area contributed by atoms with Gasteiger partial charge in [-0.25, -0.2) is 9.97 Å². The Hall–Kier alpha value is -1.75. The maximum Gasteiger partial charge on any atom is 0.141 e. The van der Waals surface area contributed by atoms with Gasteiger partial charge in [-0.05, 0) is 0 Å². The van der Waals surface area contributed by atoms with Crippen LogP contribution in [0.2, 0.25) is 0 Å². The highest BCUT2D eigenvalue weighted by Crippen LogP contribution is 2.15. The number of aryl methyl sites for hydroxylation is 1. The molecule has 2 heterocycles. The Labute approximate surface area is 81.6 Å². The first-order valence-corrected chi connectivity index (χ1v) is 4.29. The van der Waals surface area contributed by atoms with Crippen LogP contribution in [0.3, 0.4) is 0 Å². The number of hydrogen-bond donors (Lipinski definition) is 1. The Morgan fingerprint density at radius 3 is 2.43 bits per heavy atom. The Morgan fingerprint density at radius 2 is 1.93 bits per heavy atom. The maximum atomic E-state index is 5.40. The quantitative estimate of drug-likeness (QED) is 0.739. The van der Waals surface area contributed by atoms with Gasteiger partial charge in [0.1, 0.15) is 5.82 Å². The number of rotatable bonds is 2. The van der Waals surface area contributed by atoms with Gasteiger partial charge in [-0.15, -0.1) is 0 Å². The van der Waals surface area contributed by atoms with Crippen molar-refractivity contribution in [2.45, 2.75) is 6.54 Å². The van der Waals surface area contributed by atoms with Crippen LogP contribution in [0.15, 0.2) is 24.8 Å². The summed E-state index contributed by atoms with van der Waals surface area (Å²) in [7, 11) is 1.87. The van der Waals surface area contributed by atoms with Crippen LogP contribution in [0.5, 0.6) is 0 Å². The summed E-state index contributed by atoms with van der Waals surface area (Å²) in [6.45, 7) is 0.368. The van der Waals surface area contributed by atoms with Crippen molar-refractivity contribution in [3.05, 3.63) is 30.6 Å². The average molecular weight is 189 g/mol. The van der Waals surface area contributed by atoms with Crippen molar-refractivity contribution in [2.24, 2.45) is 12.8 Å². The molecule has 5 nitrogen and oxygen atoms in total. The first-order valence-electron chi connectivity index (χ1n) is 4.29. The lowest BCUT2D eigenvalue weighted by Crippen LogP contribution is -2.01. The zero-order valence-corrected chi connectivity index (χ0v) is 7.88. The Bertz CT molecular complexity index is 417. The van der Waals surface area contributed by atoms with Gasteiger partial charge in [-0.2, -0.15) is 5.10 Å². The molecule has 0 aliphatic heterocycles. The van der Waals surface area contributed by atoms with Crippen LogP contribution < -0.4 is 5.73 Å². The van der Waals surface area contributed by atoms with Crippen molar-refractivity contribution in [3.8, 4) is 11.1 Å². The van der Waals surface area contributed by atoms with Gasteiger partial charge in [0.15, 0.2) is 0 Å². The van der Waals surface area contributed by atoms with Gasteiger partial charge in [0.25, 0.3) is 0 Å². The topological polar surface area (TPSA) is 69.6 Å². The minimum Gasteiger partial charge on any atom is -0.324 e. The van der Waals surface area contributed by atoms with E-state index in [2.05, 4.69) is 15.1 Å². The van der Waals surface area contributed by atoms with Crippen molar-refractivity contribution in [3.63, 3.8) is 0 Å². The van der Waals surface area contributed by atoms with Gasteiger partial charge in [-0.1, -0.05) is 0 Å². The molecule has 0 amide bonds. The lowest BCUT2D eigenvalue weighted by atomic mass is 10.2. The first kappa shape index (κ1) is 8.83. The van der Waals surface area contributed by atoms with E-state index >= 15 is 0 Å². The zero-order valence-electron chi connectivity index (χ0n) is 7.88. The predicted octanol–water partition coefficient (Wildman–Crippen LogP) is 0.336. The summed E-state index contributed by atoms with van der Waals surface area (Å²) in [4.78, 5) is 8.22. The molecular formula is C9H11N5. The molecule has 14 heavy (non-hydrogen) atoms. The summed E-state index contributed by atoms with van der Waals surface area (Å²) in [5.74, 6) is 0.651. The molecule has 0 spiro atoms. The van der Waals surface area contributed by atoms with E-state index in [1.807, 2.05) is 13.2 Å². The Morgan fingerprint density at radius 1 is 1.21 bits per heavy atom. The molecule has 0 unspecified atom stereocenters. The van der Waals surface area contributed by atoms with Gasteiger partial charge in [0.2, 0.25) is 0 Å². The molecule has 0 saturated heterocycles. The standard InChI is InChI=1S/C9H11N5/c1-14-6-8(5-13-14)7-3-11-9(2-10)12-4-7/h3-6H,2,10H2,1H3. The Kier molecular flexibility index (Phi) is 2.24. The van der Waals surface area contributed by atoms with Gasteiger partial charge in [0.05, 0.1) is 12.7 Å². The van der Waals surface area contributed by atoms with E-state index in [1.54, 1.807) is 23.3 Å². The van der Waals surface area contributed by atoms with E-state index in [4.69, 9.17) is 5.73 Å². The molecule has 0 atom stereocenters. The third kappa shape index (κ3) is 1.62. The van der Waals surface area contributed by atoms with Crippen LogP contribution in [-0.2, 0) is 13.6 Å². The van der Waals surface area contributed by atoms with Crippen LogP contribution in [-0.4, -0.2) is 19.7 Å². The molecule has 2 rings (SSSR count). The molecule has 0 aliphatic rings. The van der Waals surface area contributed by atoms with Crippen LogP contribution in [0, 0.1) is 0 Å². The second-order valence-corrected chi connectivity index (χ2v) is 2.99. The lowest BCUT2D eigenvalue weighted by Gasteiger charge is -1.97. The highest BCUT2D eigenvalue weighted by Gasteiger charge is 2.01. The van der Waals surface area contributed by atoms with Gasteiger partial charge >= 0.3 is 0 Å². The molecule has 0 aromatic carbocycles. The third-order valence-corrected chi connectivity index (χ3v) is 1.93. The van der Waals surface area contributed by atoms with Gasteiger partial charge < -0.3 is 5.73 Å².